The second kappa shape index (κ2) is 8.03. The SMILES string of the molecule is O=C(CSC1CCCC1)N1CCN(C(=O)[C@H]2C[C@H]2c2ccccc2)CC1. The van der Waals surface area contributed by atoms with E-state index in [1.807, 2.05) is 39.8 Å². The van der Waals surface area contributed by atoms with Crippen LogP contribution in [0.4, 0.5) is 0 Å². The first-order valence-electron chi connectivity index (χ1n) is 9.95. The predicted molar refractivity (Wildman–Crippen MR) is 105 cm³/mol. The summed E-state index contributed by atoms with van der Waals surface area (Å²) in [6, 6.07) is 10.4. The van der Waals surface area contributed by atoms with Crippen LogP contribution in [0.3, 0.4) is 0 Å². The summed E-state index contributed by atoms with van der Waals surface area (Å²) >= 11 is 1.83. The molecule has 0 unspecified atom stereocenters. The minimum Gasteiger partial charge on any atom is -0.339 e. The fraction of sp³-hybridized carbons (Fsp3) is 0.619. The predicted octanol–water partition coefficient (Wildman–Crippen LogP) is 3.14. The number of carbonyl (C=O) groups is 2. The number of hydrogen-bond acceptors (Lipinski definition) is 3. The molecule has 5 heteroatoms. The number of nitrogens with zero attached hydrogens (tertiary/aromatic N) is 2. The molecule has 2 atom stereocenters. The zero-order chi connectivity index (χ0) is 17.9. The summed E-state index contributed by atoms with van der Waals surface area (Å²) < 4.78 is 0. The van der Waals surface area contributed by atoms with Crippen molar-refractivity contribution in [2.45, 2.75) is 43.3 Å². The van der Waals surface area contributed by atoms with Crippen molar-refractivity contribution < 1.29 is 9.59 Å². The van der Waals surface area contributed by atoms with Crippen molar-refractivity contribution in [1.29, 1.82) is 0 Å². The van der Waals surface area contributed by atoms with Crippen LogP contribution in [0, 0.1) is 5.92 Å². The van der Waals surface area contributed by atoms with Crippen LogP contribution in [0.2, 0.25) is 0 Å². The number of amides is 2. The molecular weight excluding hydrogens is 344 g/mol. The van der Waals surface area contributed by atoms with E-state index in [0.29, 0.717) is 43.1 Å². The molecule has 1 heterocycles. The molecule has 4 nitrogen and oxygen atoms in total. The highest BCUT2D eigenvalue weighted by atomic mass is 32.2. The number of benzene rings is 1. The molecule has 4 rings (SSSR count). The molecule has 1 aromatic rings. The average Bonchev–Trinajstić information content (AvgIpc) is 3.33. The third-order valence-electron chi connectivity index (χ3n) is 6.02. The van der Waals surface area contributed by atoms with Crippen molar-refractivity contribution in [3.63, 3.8) is 0 Å². The molecule has 140 valence electrons. The lowest BCUT2D eigenvalue weighted by Gasteiger charge is -2.35. The standard InChI is InChI=1S/C21H28N2O2S/c24-20(15-26-17-8-4-5-9-17)22-10-12-23(13-11-22)21(25)19-14-18(19)16-6-2-1-3-7-16/h1-3,6-7,17-19H,4-5,8-15H2/t18-,19-/m0/s1. The fourth-order valence-electron chi connectivity index (χ4n) is 4.28. The van der Waals surface area contributed by atoms with E-state index in [-0.39, 0.29) is 17.7 Å². The van der Waals surface area contributed by atoms with Crippen LogP contribution >= 0.6 is 11.8 Å². The molecule has 3 fully saturated rings. The molecule has 0 spiro atoms. The highest BCUT2D eigenvalue weighted by Gasteiger charge is 2.46. The third-order valence-corrected chi connectivity index (χ3v) is 7.38. The Morgan fingerprint density at radius 2 is 1.62 bits per heavy atom. The molecule has 0 radical (unpaired) electrons. The van der Waals surface area contributed by atoms with Crippen LogP contribution in [-0.2, 0) is 9.59 Å². The molecule has 0 bridgehead atoms. The number of carbonyl (C=O) groups excluding carboxylic acids is 2. The zero-order valence-corrected chi connectivity index (χ0v) is 16.1. The van der Waals surface area contributed by atoms with E-state index in [1.54, 1.807) is 0 Å². The average molecular weight is 373 g/mol. The lowest BCUT2D eigenvalue weighted by Crippen LogP contribution is -2.51. The van der Waals surface area contributed by atoms with Gasteiger partial charge in [-0.15, -0.1) is 11.8 Å². The first-order valence-corrected chi connectivity index (χ1v) is 11.0. The van der Waals surface area contributed by atoms with Crippen LogP contribution in [0.5, 0.6) is 0 Å². The topological polar surface area (TPSA) is 40.6 Å². The number of thioether (sulfide) groups is 1. The molecule has 1 aromatic carbocycles. The van der Waals surface area contributed by atoms with Crippen molar-refractivity contribution >= 4 is 23.6 Å². The van der Waals surface area contributed by atoms with E-state index in [0.717, 1.165) is 6.42 Å². The third kappa shape index (κ3) is 4.08. The van der Waals surface area contributed by atoms with Crippen molar-refractivity contribution in [2.24, 2.45) is 5.92 Å². The fourth-order valence-corrected chi connectivity index (χ4v) is 5.51. The summed E-state index contributed by atoms with van der Waals surface area (Å²) in [5, 5.41) is 0.687. The Morgan fingerprint density at radius 3 is 2.31 bits per heavy atom. The van der Waals surface area contributed by atoms with Crippen LogP contribution < -0.4 is 0 Å². The van der Waals surface area contributed by atoms with Gasteiger partial charge in [0.25, 0.3) is 0 Å². The maximum Gasteiger partial charge on any atom is 0.232 e. The van der Waals surface area contributed by atoms with Crippen LogP contribution in [-0.4, -0.2) is 58.8 Å². The Hall–Kier alpha value is -1.49. The van der Waals surface area contributed by atoms with E-state index >= 15 is 0 Å². The summed E-state index contributed by atoms with van der Waals surface area (Å²) in [6.45, 7) is 2.77. The van der Waals surface area contributed by atoms with Crippen LogP contribution in [0.1, 0.15) is 43.6 Å². The maximum atomic E-state index is 12.7. The Balaban J connectivity index is 1.21. The van der Waals surface area contributed by atoms with E-state index in [9.17, 15) is 9.59 Å². The van der Waals surface area contributed by atoms with E-state index in [4.69, 9.17) is 0 Å². The normalized spacial score (nSPS) is 26.2. The summed E-state index contributed by atoms with van der Waals surface area (Å²) in [4.78, 5) is 29.1. The molecule has 2 amide bonds. The largest absolute Gasteiger partial charge is 0.339 e. The zero-order valence-electron chi connectivity index (χ0n) is 15.3. The minimum absolute atomic E-state index is 0.151. The molecule has 1 saturated heterocycles. The Kier molecular flexibility index (Phi) is 5.53. The molecule has 0 N–H and O–H groups in total. The number of piperazine rings is 1. The van der Waals surface area contributed by atoms with Gasteiger partial charge in [-0.25, -0.2) is 0 Å². The van der Waals surface area contributed by atoms with E-state index in [2.05, 4.69) is 12.1 Å². The number of rotatable bonds is 5. The van der Waals surface area contributed by atoms with Gasteiger partial charge in [-0.05, 0) is 30.7 Å². The molecule has 26 heavy (non-hydrogen) atoms. The number of hydrogen-bond donors (Lipinski definition) is 0. The van der Waals surface area contributed by atoms with Crippen LogP contribution in [0.25, 0.3) is 0 Å². The molecule has 2 aliphatic carbocycles. The highest BCUT2D eigenvalue weighted by Crippen LogP contribution is 2.48. The molecule has 2 saturated carbocycles. The van der Waals surface area contributed by atoms with Gasteiger partial charge in [0.2, 0.25) is 11.8 Å². The Labute approximate surface area is 160 Å². The summed E-state index contributed by atoms with van der Waals surface area (Å²) in [5.41, 5.74) is 1.28. The van der Waals surface area contributed by atoms with Gasteiger partial charge in [-0.1, -0.05) is 43.2 Å². The molecular formula is C21H28N2O2S. The Morgan fingerprint density at radius 1 is 0.962 bits per heavy atom. The van der Waals surface area contributed by atoms with Gasteiger partial charge < -0.3 is 9.80 Å². The second-order valence-corrected chi connectivity index (χ2v) is 9.07. The van der Waals surface area contributed by atoms with Crippen molar-refractivity contribution in [3.05, 3.63) is 35.9 Å². The Bertz CT molecular complexity index is 637. The summed E-state index contributed by atoms with van der Waals surface area (Å²) in [7, 11) is 0. The quantitative estimate of drug-likeness (QED) is 0.797. The van der Waals surface area contributed by atoms with Gasteiger partial charge in [0.15, 0.2) is 0 Å². The van der Waals surface area contributed by atoms with E-state index in [1.165, 1.54) is 31.2 Å². The van der Waals surface area contributed by atoms with Gasteiger partial charge in [-0.3, -0.25) is 9.59 Å². The van der Waals surface area contributed by atoms with Crippen molar-refractivity contribution in [3.8, 4) is 0 Å². The van der Waals surface area contributed by atoms with Crippen molar-refractivity contribution in [1.82, 2.24) is 9.80 Å². The summed E-state index contributed by atoms with van der Waals surface area (Å²) in [6.07, 6.45) is 6.14. The maximum absolute atomic E-state index is 12.7. The molecule has 0 aromatic heterocycles. The smallest absolute Gasteiger partial charge is 0.232 e. The van der Waals surface area contributed by atoms with E-state index < -0.39 is 0 Å². The first kappa shape index (κ1) is 17.9. The lowest BCUT2D eigenvalue weighted by atomic mass is 10.1. The minimum atomic E-state index is 0.151. The van der Waals surface area contributed by atoms with Gasteiger partial charge in [0, 0.05) is 37.3 Å². The van der Waals surface area contributed by atoms with Gasteiger partial charge in [0.05, 0.1) is 5.75 Å². The van der Waals surface area contributed by atoms with Gasteiger partial charge in [0.1, 0.15) is 0 Å². The molecule has 3 aliphatic rings. The van der Waals surface area contributed by atoms with Gasteiger partial charge >= 0.3 is 0 Å². The first-order chi connectivity index (χ1) is 12.7. The van der Waals surface area contributed by atoms with Gasteiger partial charge in [-0.2, -0.15) is 0 Å². The monoisotopic (exact) mass is 372 g/mol. The van der Waals surface area contributed by atoms with Crippen molar-refractivity contribution in [2.75, 3.05) is 31.9 Å². The lowest BCUT2D eigenvalue weighted by molar-refractivity contribution is -0.139. The summed E-state index contributed by atoms with van der Waals surface area (Å²) in [5.74, 6) is 1.69. The second-order valence-electron chi connectivity index (χ2n) is 7.78. The van der Waals surface area contributed by atoms with Crippen LogP contribution in [0.15, 0.2) is 30.3 Å². The molecule has 1 aliphatic heterocycles. The highest BCUT2D eigenvalue weighted by molar-refractivity contribution is 8.00.